The van der Waals surface area contributed by atoms with E-state index < -0.39 is 0 Å². The fraction of sp³-hybridized carbons (Fsp3) is 0.900. The molecule has 14 heavy (non-hydrogen) atoms. The highest BCUT2D eigenvalue weighted by Gasteiger charge is 2.24. The first-order valence-electron chi connectivity index (χ1n) is 5.45. The average molecular weight is 198 g/mol. The molecule has 1 amide bonds. The summed E-state index contributed by atoms with van der Waals surface area (Å²) < 4.78 is 5.17. The second kappa shape index (κ2) is 4.75. The first-order valence-corrected chi connectivity index (χ1v) is 5.45. The number of hydrogen-bond donors (Lipinski definition) is 2. The van der Waals surface area contributed by atoms with Gasteiger partial charge in [0.2, 0.25) is 5.91 Å². The average Bonchev–Trinajstić information content (AvgIpc) is 2.87. The van der Waals surface area contributed by atoms with Crippen LogP contribution in [0.1, 0.15) is 19.3 Å². The van der Waals surface area contributed by atoms with Crippen molar-refractivity contribution in [3.63, 3.8) is 0 Å². The molecule has 0 spiro atoms. The number of carbonyl (C=O) groups excluding carboxylic acids is 1. The zero-order chi connectivity index (χ0) is 9.80. The predicted octanol–water partition coefficient (Wildman–Crippen LogP) is -0.109. The molecule has 2 saturated heterocycles. The molecular formula is C10H18N2O2. The van der Waals surface area contributed by atoms with Crippen LogP contribution in [0.3, 0.4) is 0 Å². The fourth-order valence-electron chi connectivity index (χ4n) is 2.04. The molecule has 2 fully saturated rings. The summed E-state index contributed by atoms with van der Waals surface area (Å²) in [6.07, 6.45) is 3.29. The maximum Gasteiger partial charge on any atom is 0.225 e. The van der Waals surface area contributed by atoms with E-state index in [9.17, 15) is 4.79 Å². The van der Waals surface area contributed by atoms with Gasteiger partial charge in [-0.1, -0.05) is 0 Å². The Hall–Kier alpha value is -0.610. The summed E-state index contributed by atoms with van der Waals surface area (Å²) in [5, 5.41) is 6.34. The first-order chi connectivity index (χ1) is 6.86. The quantitative estimate of drug-likeness (QED) is 0.665. The standard InChI is InChI=1S/C10H18N2O2/c13-10(8-3-5-14-7-8)12-6-9-2-1-4-11-9/h8-9,11H,1-7H2,(H,12,13). The molecule has 4 nitrogen and oxygen atoms in total. The molecule has 2 aliphatic rings. The predicted molar refractivity (Wildman–Crippen MR) is 53.0 cm³/mol. The molecule has 0 saturated carbocycles. The SMILES string of the molecule is O=C(NCC1CCCN1)C1CCOC1. The van der Waals surface area contributed by atoms with Gasteiger partial charge in [-0.25, -0.2) is 0 Å². The Bertz CT molecular complexity index is 196. The third-order valence-corrected chi connectivity index (χ3v) is 2.99. The van der Waals surface area contributed by atoms with E-state index in [1.54, 1.807) is 0 Å². The molecule has 2 heterocycles. The van der Waals surface area contributed by atoms with Crippen molar-refractivity contribution in [3.8, 4) is 0 Å². The smallest absolute Gasteiger partial charge is 0.225 e. The van der Waals surface area contributed by atoms with Gasteiger partial charge in [0.25, 0.3) is 0 Å². The van der Waals surface area contributed by atoms with Gasteiger partial charge in [0.05, 0.1) is 12.5 Å². The van der Waals surface area contributed by atoms with E-state index in [0.29, 0.717) is 12.6 Å². The summed E-state index contributed by atoms with van der Waals surface area (Å²) in [4.78, 5) is 11.6. The highest BCUT2D eigenvalue weighted by Crippen LogP contribution is 2.12. The minimum atomic E-state index is 0.0939. The Morgan fingerprint density at radius 3 is 3.07 bits per heavy atom. The number of hydrogen-bond acceptors (Lipinski definition) is 3. The second-order valence-electron chi connectivity index (χ2n) is 4.10. The molecule has 2 atom stereocenters. The zero-order valence-electron chi connectivity index (χ0n) is 8.42. The molecule has 4 heteroatoms. The lowest BCUT2D eigenvalue weighted by atomic mass is 10.1. The van der Waals surface area contributed by atoms with Crippen LogP contribution >= 0.6 is 0 Å². The van der Waals surface area contributed by atoms with E-state index in [2.05, 4.69) is 10.6 Å². The van der Waals surface area contributed by atoms with Gasteiger partial charge < -0.3 is 15.4 Å². The summed E-state index contributed by atoms with van der Waals surface area (Å²) in [7, 11) is 0. The van der Waals surface area contributed by atoms with Gasteiger partial charge in [-0.2, -0.15) is 0 Å². The lowest BCUT2D eigenvalue weighted by Crippen LogP contribution is -2.40. The number of ether oxygens (including phenoxy) is 1. The summed E-state index contributed by atoms with van der Waals surface area (Å²) in [6.45, 7) is 3.20. The molecule has 2 unspecified atom stereocenters. The van der Waals surface area contributed by atoms with Crippen LogP contribution in [-0.2, 0) is 9.53 Å². The van der Waals surface area contributed by atoms with Crippen molar-refractivity contribution in [2.75, 3.05) is 26.3 Å². The normalized spacial score (nSPS) is 32.0. The Morgan fingerprint density at radius 2 is 2.43 bits per heavy atom. The molecule has 0 aromatic carbocycles. The van der Waals surface area contributed by atoms with Crippen molar-refractivity contribution in [2.24, 2.45) is 5.92 Å². The summed E-state index contributed by atoms with van der Waals surface area (Å²) in [5.41, 5.74) is 0. The number of amides is 1. The summed E-state index contributed by atoms with van der Waals surface area (Å²) in [5.74, 6) is 0.257. The van der Waals surface area contributed by atoms with Crippen molar-refractivity contribution in [3.05, 3.63) is 0 Å². The Balaban J connectivity index is 1.66. The van der Waals surface area contributed by atoms with Gasteiger partial charge in [0.1, 0.15) is 0 Å². The van der Waals surface area contributed by atoms with Crippen molar-refractivity contribution in [1.82, 2.24) is 10.6 Å². The van der Waals surface area contributed by atoms with E-state index in [1.807, 2.05) is 0 Å². The topological polar surface area (TPSA) is 50.4 Å². The van der Waals surface area contributed by atoms with E-state index >= 15 is 0 Å². The number of nitrogens with one attached hydrogen (secondary N) is 2. The lowest BCUT2D eigenvalue weighted by Gasteiger charge is -2.13. The van der Waals surface area contributed by atoms with Crippen LogP contribution in [0.4, 0.5) is 0 Å². The van der Waals surface area contributed by atoms with Gasteiger partial charge in [-0.3, -0.25) is 4.79 Å². The minimum absolute atomic E-state index is 0.0939. The molecule has 0 radical (unpaired) electrons. The minimum Gasteiger partial charge on any atom is -0.381 e. The van der Waals surface area contributed by atoms with Crippen LogP contribution in [0.5, 0.6) is 0 Å². The van der Waals surface area contributed by atoms with Crippen LogP contribution < -0.4 is 10.6 Å². The first kappa shape index (κ1) is 9.93. The summed E-state index contributed by atoms with van der Waals surface area (Å²) >= 11 is 0. The molecule has 0 aromatic heterocycles. The largest absolute Gasteiger partial charge is 0.381 e. The van der Waals surface area contributed by atoms with Gasteiger partial charge in [-0.15, -0.1) is 0 Å². The Labute approximate surface area is 84.4 Å². The highest BCUT2D eigenvalue weighted by atomic mass is 16.5. The summed E-state index contributed by atoms with van der Waals surface area (Å²) in [6, 6.07) is 0.487. The lowest BCUT2D eigenvalue weighted by molar-refractivity contribution is -0.125. The van der Waals surface area contributed by atoms with Gasteiger partial charge in [0.15, 0.2) is 0 Å². The van der Waals surface area contributed by atoms with Crippen LogP contribution in [0, 0.1) is 5.92 Å². The molecule has 2 N–H and O–H groups in total. The number of rotatable bonds is 3. The van der Waals surface area contributed by atoms with Crippen molar-refractivity contribution < 1.29 is 9.53 Å². The molecule has 80 valence electrons. The molecule has 0 aromatic rings. The molecule has 2 aliphatic heterocycles. The maximum atomic E-state index is 11.6. The monoisotopic (exact) mass is 198 g/mol. The van der Waals surface area contributed by atoms with Crippen molar-refractivity contribution in [2.45, 2.75) is 25.3 Å². The number of carbonyl (C=O) groups is 1. The Morgan fingerprint density at radius 1 is 1.50 bits per heavy atom. The molecular weight excluding hydrogens is 180 g/mol. The van der Waals surface area contributed by atoms with Gasteiger partial charge in [0, 0.05) is 19.2 Å². The van der Waals surface area contributed by atoms with Crippen LogP contribution in [-0.4, -0.2) is 38.3 Å². The molecule has 0 bridgehead atoms. The van der Waals surface area contributed by atoms with Crippen LogP contribution in [0.25, 0.3) is 0 Å². The Kier molecular flexibility index (Phi) is 3.37. The van der Waals surface area contributed by atoms with E-state index in [0.717, 1.165) is 26.1 Å². The third kappa shape index (κ3) is 2.45. The molecule has 0 aliphatic carbocycles. The van der Waals surface area contributed by atoms with Crippen molar-refractivity contribution in [1.29, 1.82) is 0 Å². The van der Waals surface area contributed by atoms with Gasteiger partial charge in [-0.05, 0) is 25.8 Å². The van der Waals surface area contributed by atoms with Crippen molar-refractivity contribution >= 4 is 5.91 Å². The fourth-order valence-corrected chi connectivity index (χ4v) is 2.04. The maximum absolute atomic E-state index is 11.6. The van der Waals surface area contributed by atoms with E-state index in [4.69, 9.17) is 4.74 Å². The third-order valence-electron chi connectivity index (χ3n) is 2.99. The van der Waals surface area contributed by atoms with E-state index in [1.165, 1.54) is 12.8 Å². The second-order valence-corrected chi connectivity index (χ2v) is 4.10. The van der Waals surface area contributed by atoms with E-state index in [-0.39, 0.29) is 11.8 Å². The molecule has 2 rings (SSSR count). The van der Waals surface area contributed by atoms with Crippen LogP contribution in [0.2, 0.25) is 0 Å². The zero-order valence-corrected chi connectivity index (χ0v) is 8.42. The van der Waals surface area contributed by atoms with Crippen LogP contribution in [0.15, 0.2) is 0 Å². The highest BCUT2D eigenvalue weighted by molar-refractivity contribution is 5.79. The van der Waals surface area contributed by atoms with Gasteiger partial charge >= 0.3 is 0 Å².